The third-order valence-corrected chi connectivity index (χ3v) is 5.95. The molecule has 1 aliphatic rings. The van der Waals surface area contributed by atoms with Crippen molar-refractivity contribution in [3.63, 3.8) is 0 Å². The number of amides is 2. The maximum Gasteiger partial charge on any atom is 0.410 e. The number of rotatable bonds is 5. The van der Waals surface area contributed by atoms with E-state index in [-0.39, 0.29) is 30.3 Å². The Hall–Kier alpha value is -3.72. The van der Waals surface area contributed by atoms with Crippen LogP contribution in [0.15, 0.2) is 47.3 Å². The number of nitrogens with zero attached hydrogens (tertiary/aromatic N) is 3. The van der Waals surface area contributed by atoms with Gasteiger partial charge < -0.3 is 15.0 Å². The molecular formula is C25H24ClFN4O4. The largest absolute Gasteiger partial charge is 0.450 e. The van der Waals surface area contributed by atoms with E-state index in [2.05, 4.69) is 5.32 Å². The third kappa shape index (κ3) is 5.35. The summed E-state index contributed by atoms with van der Waals surface area (Å²) in [7, 11) is 0. The molecule has 0 saturated heterocycles. The molecule has 0 radical (unpaired) electrons. The lowest BCUT2D eigenvalue weighted by Crippen LogP contribution is -2.42. The van der Waals surface area contributed by atoms with Crippen molar-refractivity contribution in [3.05, 3.63) is 80.5 Å². The lowest BCUT2D eigenvalue weighted by Gasteiger charge is -2.28. The maximum absolute atomic E-state index is 13.5. The SMILES string of the molecule is CCOC(=O)N1CCc2c(nc(-c3ccc(C)cc3)n(CC(=O)Nc3ccc(F)c(Cl)c3)c2=O)C1. The molecule has 0 atom stereocenters. The fraction of sp³-hybridized carbons (Fsp3) is 0.280. The summed E-state index contributed by atoms with van der Waals surface area (Å²) >= 11 is 5.81. The summed E-state index contributed by atoms with van der Waals surface area (Å²) in [5, 5.41) is 2.52. The Bertz CT molecular complexity index is 1340. The van der Waals surface area contributed by atoms with Gasteiger partial charge >= 0.3 is 6.09 Å². The average molecular weight is 499 g/mol. The number of ether oxygens (including phenoxy) is 1. The van der Waals surface area contributed by atoms with Crippen LogP contribution in [0.3, 0.4) is 0 Å². The summed E-state index contributed by atoms with van der Waals surface area (Å²) in [4.78, 5) is 44.8. The Balaban J connectivity index is 1.71. The van der Waals surface area contributed by atoms with Gasteiger partial charge in [0.25, 0.3) is 5.56 Å². The molecule has 2 aromatic carbocycles. The molecule has 0 aliphatic carbocycles. The van der Waals surface area contributed by atoms with Gasteiger partial charge in [-0.1, -0.05) is 41.4 Å². The standard InChI is InChI=1S/C25H24ClFN4O4/c1-3-35-25(34)30-11-10-18-21(13-30)29-23(16-6-4-15(2)5-7-16)31(24(18)33)14-22(32)28-17-8-9-20(27)19(26)12-17/h4-9,12H,3,10-11,13-14H2,1-2H3,(H,28,32). The summed E-state index contributed by atoms with van der Waals surface area (Å²) in [6.45, 7) is 4.07. The van der Waals surface area contributed by atoms with E-state index in [1.165, 1.54) is 21.6 Å². The molecule has 0 unspecified atom stereocenters. The van der Waals surface area contributed by atoms with Crippen molar-refractivity contribution < 1.29 is 18.7 Å². The van der Waals surface area contributed by atoms with E-state index in [4.69, 9.17) is 21.3 Å². The number of aromatic nitrogens is 2. The molecule has 35 heavy (non-hydrogen) atoms. The summed E-state index contributed by atoms with van der Waals surface area (Å²) in [6, 6.07) is 11.3. The van der Waals surface area contributed by atoms with Crippen molar-refractivity contribution in [1.82, 2.24) is 14.5 Å². The first-order valence-corrected chi connectivity index (χ1v) is 11.5. The normalized spacial score (nSPS) is 12.7. The van der Waals surface area contributed by atoms with Crippen LogP contribution in [0.25, 0.3) is 11.4 Å². The third-order valence-electron chi connectivity index (χ3n) is 5.66. The second-order valence-corrected chi connectivity index (χ2v) is 8.57. The zero-order valence-corrected chi connectivity index (χ0v) is 20.1. The quantitative estimate of drug-likeness (QED) is 0.570. The van der Waals surface area contributed by atoms with Gasteiger partial charge in [-0.15, -0.1) is 0 Å². The molecule has 1 aromatic heterocycles. The molecule has 4 rings (SSSR count). The van der Waals surface area contributed by atoms with E-state index in [1.54, 1.807) is 6.92 Å². The van der Waals surface area contributed by atoms with Gasteiger partial charge in [-0.3, -0.25) is 14.2 Å². The Kier molecular flexibility index (Phi) is 7.16. The van der Waals surface area contributed by atoms with Crippen LogP contribution in [0.1, 0.15) is 23.7 Å². The predicted molar refractivity (Wildman–Crippen MR) is 130 cm³/mol. The van der Waals surface area contributed by atoms with Crippen molar-refractivity contribution in [1.29, 1.82) is 0 Å². The number of nitrogens with one attached hydrogen (secondary N) is 1. The summed E-state index contributed by atoms with van der Waals surface area (Å²) in [6.07, 6.45) is -0.165. The molecule has 1 N–H and O–H groups in total. The van der Waals surface area contributed by atoms with E-state index in [0.29, 0.717) is 41.3 Å². The van der Waals surface area contributed by atoms with Gasteiger partial charge in [0.1, 0.15) is 18.2 Å². The molecular weight excluding hydrogens is 475 g/mol. The molecule has 1 aliphatic heterocycles. The molecule has 2 heterocycles. The zero-order chi connectivity index (χ0) is 25.1. The van der Waals surface area contributed by atoms with Crippen molar-refractivity contribution >= 4 is 29.3 Å². The van der Waals surface area contributed by atoms with E-state index in [0.717, 1.165) is 11.6 Å². The molecule has 2 amide bonds. The van der Waals surface area contributed by atoms with Crippen molar-refractivity contribution in [3.8, 4) is 11.4 Å². The molecule has 10 heteroatoms. The number of hydrogen-bond acceptors (Lipinski definition) is 5. The monoisotopic (exact) mass is 498 g/mol. The molecule has 0 saturated carbocycles. The van der Waals surface area contributed by atoms with Gasteiger partial charge in [0.2, 0.25) is 5.91 Å². The highest BCUT2D eigenvalue weighted by Crippen LogP contribution is 2.23. The van der Waals surface area contributed by atoms with Gasteiger partial charge in [0.15, 0.2) is 0 Å². The van der Waals surface area contributed by atoms with Crippen LogP contribution >= 0.6 is 11.6 Å². The first-order chi connectivity index (χ1) is 16.8. The first-order valence-electron chi connectivity index (χ1n) is 11.1. The molecule has 0 bridgehead atoms. The van der Waals surface area contributed by atoms with Crippen LogP contribution < -0.4 is 10.9 Å². The van der Waals surface area contributed by atoms with E-state index >= 15 is 0 Å². The first kappa shape index (κ1) is 24.4. The second kappa shape index (κ2) is 10.3. The fourth-order valence-electron chi connectivity index (χ4n) is 3.89. The Morgan fingerprint density at radius 2 is 1.94 bits per heavy atom. The predicted octanol–water partition coefficient (Wildman–Crippen LogP) is 4.16. The highest BCUT2D eigenvalue weighted by atomic mass is 35.5. The summed E-state index contributed by atoms with van der Waals surface area (Å²) < 4.78 is 19.9. The Morgan fingerprint density at radius 3 is 2.63 bits per heavy atom. The molecule has 3 aromatic rings. The van der Waals surface area contributed by atoms with Crippen molar-refractivity contribution in [2.24, 2.45) is 0 Å². The van der Waals surface area contributed by atoms with Gasteiger partial charge in [-0.25, -0.2) is 14.2 Å². The minimum absolute atomic E-state index is 0.123. The zero-order valence-electron chi connectivity index (χ0n) is 19.3. The highest BCUT2D eigenvalue weighted by molar-refractivity contribution is 6.31. The smallest absolute Gasteiger partial charge is 0.410 e. The molecule has 0 fully saturated rings. The maximum atomic E-state index is 13.5. The summed E-state index contributed by atoms with van der Waals surface area (Å²) in [5.74, 6) is -0.779. The van der Waals surface area contributed by atoms with Crippen LogP contribution in [0.2, 0.25) is 5.02 Å². The minimum Gasteiger partial charge on any atom is -0.450 e. The summed E-state index contributed by atoms with van der Waals surface area (Å²) in [5.41, 5.74) is 2.58. The van der Waals surface area contributed by atoms with Gasteiger partial charge in [-0.05, 0) is 38.5 Å². The number of carbonyl (C=O) groups is 2. The highest BCUT2D eigenvalue weighted by Gasteiger charge is 2.27. The van der Waals surface area contributed by atoms with E-state index in [9.17, 15) is 18.8 Å². The minimum atomic E-state index is -0.599. The molecule has 8 nitrogen and oxygen atoms in total. The number of anilines is 1. The van der Waals surface area contributed by atoms with Gasteiger partial charge in [0, 0.05) is 23.4 Å². The van der Waals surface area contributed by atoms with Crippen LogP contribution in [0.4, 0.5) is 14.9 Å². The topological polar surface area (TPSA) is 93.5 Å². The number of aryl methyl sites for hydroxylation is 1. The lowest BCUT2D eigenvalue weighted by atomic mass is 10.1. The van der Waals surface area contributed by atoms with E-state index < -0.39 is 17.8 Å². The Morgan fingerprint density at radius 1 is 1.20 bits per heavy atom. The van der Waals surface area contributed by atoms with Crippen molar-refractivity contribution in [2.75, 3.05) is 18.5 Å². The number of fused-ring (bicyclic) bond motifs is 1. The van der Waals surface area contributed by atoms with Gasteiger partial charge in [0.05, 0.1) is 23.9 Å². The number of carbonyl (C=O) groups excluding carboxylic acids is 2. The van der Waals surface area contributed by atoms with Crippen LogP contribution in [-0.4, -0.2) is 39.6 Å². The fourth-order valence-corrected chi connectivity index (χ4v) is 4.07. The van der Waals surface area contributed by atoms with Crippen LogP contribution in [0, 0.1) is 12.7 Å². The van der Waals surface area contributed by atoms with Crippen molar-refractivity contribution in [2.45, 2.75) is 33.4 Å². The molecule has 182 valence electrons. The van der Waals surface area contributed by atoms with Crippen LogP contribution in [-0.2, 0) is 29.0 Å². The lowest BCUT2D eigenvalue weighted by molar-refractivity contribution is -0.116. The second-order valence-electron chi connectivity index (χ2n) is 8.17. The average Bonchev–Trinajstić information content (AvgIpc) is 2.83. The van der Waals surface area contributed by atoms with Crippen LogP contribution in [0.5, 0.6) is 0 Å². The number of halogens is 2. The molecule has 0 spiro atoms. The number of benzene rings is 2. The van der Waals surface area contributed by atoms with Gasteiger partial charge in [-0.2, -0.15) is 0 Å². The Labute approximate surface area is 206 Å². The van der Waals surface area contributed by atoms with E-state index in [1.807, 2.05) is 31.2 Å². The number of hydrogen-bond donors (Lipinski definition) is 1.